The van der Waals surface area contributed by atoms with Crippen LogP contribution in [0.5, 0.6) is 11.5 Å². The van der Waals surface area contributed by atoms with Crippen molar-refractivity contribution < 1.29 is 14.3 Å². The van der Waals surface area contributed by atoms with Crippen molar-refractivity contribution in [2.24, 2.45) is 0 Å². The minimum Gasteiger partial charge on any atom is -0.497 e. The van der Waals surface area contributed by atoms with Crippen LogP contribution in [0.2, 0.25) is 0 Å². The van der Waals surface area contributed by atoms with Crippen molar-refractivity contribution >= 4 is 5.91 Å². The van der Waals surface area contributed by atoms with E-state index < -0.39 is 0 Å². The van der Waals surface area contributed by atoms with Crippen molar-refractivity contribution in [2.75, 3.05) is 20.8 Å². The van der Waals surface area contributed by atoms with Crippen LogP contribution in [0.3, 0.4) is 0 Å². The molecule has 0 radical (unpaired) electrons. The number of rotatable bonds is 6. The van der Waals surface area contributed by atoms with E-state index in [0.717, 1.165) is 17.1 Å². The van der Waals surface area contributed by atoms with Crippen LogP contribution in [0.15, 0.2) is 36.7 Å². The van der Waals surface area contributed by atoms with Crippen LogP contribution in [0.4, 0.5) is 0 Å². The molecule has 0 spiro atoms. The van der Waals surface area contributed by atoms with Gasteiger partial charge < -0.3 is 19.8 Å². The number of ether oxygens (including phenoxy) is 2. The number of methoxy groups -OCH3 is 2. The average molecular weight is 274 g/mol. The van der Waals surface area contributed by atoms with Crippen LogP contribution < -0.4 is 14.8 Å². The highest BCUT2D eigenvalue weighted by Crippen LogP contribution is 2.24. The summed E-state index contributed by atoms with van der Waals surface area (Å²) in [4.78, 5) is 14.6. The van der Waals surface area contributed by atoms with Crippen LogP contribution >= 0.6 is 0 Å². The van der Waals surface area contributed by atoms with Gasteiger partial charge in [-0.1, -0.05) is 0 Å². The molecule has 2 N–H and O–H groups in total. The van der Waals surface area contributed by atoms with Gasteiger partial charge in [0.15, 0.2) is 0 Å². The predicted octanol–water partition coefficient (Wildman–Crippen LogP) is 2.00. The molecule has 0 saturated carbocycles. The Kier molecular flexibility index (Phi) is 4.65. The van der Waals surface area contributed by atoms with Crippen molar-refractivity contribution in [1.82, 2.24) is 10.3 Å². The summed E-state index contributed by atoms with van der Waals surface area (Å²) in [5, 5.41) is 2.87. The first-order valence-corrected chi connectivity index (χ1v) is 6.36. The zero-order chi connectivity index (χ0) is 14.4. The van der Waals surface area contributed by atoms with Gasteiger partial charge in [0.05, 0.1) is 19.8 Å². The summed E-state index contributed by atoms with van der Waals surface area (Å²) in [6.45, 7) is 0.535. The van der Waals surface area contributed by atoms with Crippen LogP contribution in [0.1, 0.15) is 15.9 Å². The van der Waals surface area contributed by atoms with E-state index in [1.807, 2.05) is 18.2 Å². The lowest BCUT2D eigenvalue weighted by molar-refractivity contribution is 0.0954. The van der Waals surface area contributed by atoms with Crippen LogP contribution in [0.25, 0.3) is 0 Å². The zero-order valence-corrected chi connectivity index (χ0v) is 11.6. The Morgan fingerprint density at radius 1 is 1.25 bits per heavy atom. The molecule has 5 heteroatoms. The summed E-state index contributed by atoms with van der Waals surface area (Å²) in [6.07, 6.45) is 4.07. The summed E-state index contributed by atoms with van der Waals surface area (Å²) in [5.74, 6) is 1.48. The number of hydrogen-bond acceptors (Lipinski definition) is 3. The van der Waals surface area contributed by atoms with Crippen LogP contribution in [0, 0.1) is 0 Å². The molecule has 20 heavy (non-hydrogen) atoms. The largest absolute Gasteiger partial charge is 0.497 e. The molecule has 2 aromatic rings. The predicted molar refractivity (Wildman–Crippen MR) is 76.4 cm³/mol. The molecule has 1 amide bonds. The third kappa shape index (κ3) is 3.32. The summed E-state index contributed by atoms with van der Waals surface area (Å²) >= 11 is 0. The molecule has 0 aliphatic heterocycles. The van der Waals surface area contributed by atoms with E-state index in [0.29, 0.717) is 18.5 Å². The molecule has 0 unspecified atom stereocenters. The molecule has 2 rings (SSSR count). The number of carbonyl (C=O) groups is 1. The first kappa shape index (κ1) is 14.0. The minimum atomic E-state index is -0.0897. The SMILES string of the molecule is COc1ccc(OC)c(CCNC(=O)c2cc[nH]c2)c1. The maximum absolute atomic E-state index is 11.8. The summed E-state index contributed by atoms with van der Waals surface area (Å²) in [6, 6.07) is 7.37. The van der Waals surface area contributed by atoms with E-state index in [1.54, 1.807) is 32.7 Å². The highest BCUT2D eigenvalue weighted by Gasteiger charge is 2.07. The first-order chi connectivity index (χ1) is 9.74. The van der Waals surface area contributed by atoms with Gasteiger partial charge in [0.1, 0.15) is 11.5 Å². The second kappa shape index (κ2) is 6.65. The molecule has 0 atom stereocenters. The molecule has 5 nitrogen and oxygen atoms in total. The van der Waals surface area contributed by atoms with Gasteiger partial charge in [0, 0.05) is 18.9 Å². The Bertz CT molecular complexity index is 565. The first-order valence-electron chi connectivity index (χ1n) is 6.36. The number of hydrogen-bond donors (Lipinski definition) is 2. The Morgan fingerprint density at radius 2 is 2.10 bits per heavy atom. The van der Waals surface area contributed by atoms with E-state index in [9.17, 15) is 4.79 Å². The molecule has 1 heterocycles. The fraction of sp³-hybridized carbons (Fsp3) is 0.267. The van der Waals surface area contributed by atoms with Gasteiger partial charge in [-0.25, -0.2) is 0 Å². The molecule has 0 aliphatic rings. The van der Waals surface area contributed by atoms with Crippen molar-refractivity contribution in [2.45, 2.75) is 6.42 Å². The van der Waals surface area contributed by atoms with Crippen LogP contribution in [-0.2, 0) is 6.42 Å². The van der Waals surface area contributed by atoms with Gasteiger partial charge in [-0.05, 0) is 36.2 Å². The molecule has 0 bridgehead atoms. The van der Waals surface area contributed by atoms with Crippen molar-refractivity contribution in [3.05, 3.63) is 47.8 Å². The Hall–Kier alpha value is -2.43. The van der Waals surface area contributed by atoms with E-state index in [-0.39, 0.29) is 5.91 Å². The molecule has 1 aromatic heterocycles. The quantitative estimate of drug-likeness (QED) is 0.847. The number of amides is 1. The number of H-pyrrole nitrogens is 1. The number of aromatic nitrogens is 1. The van der Waals surface area contributed by atoms with Crippen molar-refractivity contribution in [1.29, 1.82) is 0 Å². The Balaban J connectivity index is 1.95. The standard InChI is InChI=1S/C15H18N2O3/c1-19-13-3-4-14(20-2)11(9-13)6-8-17-15(18)12-5-7-16-10-12/h3-5,7,9-10,16H,6,8H2,1-2H3,(H,17,18). The number of nitrogens with one attached hydrogen (secondary N) is 2. The van der Waals surface area contributed by atoms with Gasteiger partial charge in [0.2, 0.25) is 0 Å². The molecule has 0 aliphatic carbocycles. The molecular formula is C15H18N2O3. The van der Waals surface area contributed by atoms with Gasteiger partial charge in [-0.15, -0.1) is 0 Å². The van der Waals surface area contributed by atoms with Gasteiger partial charge in [-0.3, -0.25) is 4.79 Å². The van der Waals surface area contributed by atoms with Gasteiger partial charge >= 0.3 is 0 Å². The number of carbonyl (C=O) groups excluding carboxylic acids is 1. The fourth-order valence-electron chi connectivity index (χ4n) is 1.96. The molecule has 0 saturated heterocycles. The van der Waals surface area contributed by atoms with E-state index in [2.05, 4.69) is 10.3 Å². The van der Waals surface area contributed by atoms with E-state index in [1.165, 1.54) is 0 Å². The topological polar surface area (TPSA) is 63.4 Å². The average Bonchev–Trinajstić information content (AvgIpc) is 3.01. The van der Waals surface area contributed by atoms with E-state index >= 15 is 0 Å². The summed E-state index contributed by atoms with van der Waals surface area (Å²) in [7, 11) is 3.25. The summed E-state index contributed by atoms with van der Waals surface area (Å²) in [5.41, 5.74) is 1.63. The minimum absolute atomic E-state index is 0.0897. The Labute approximate surface area is 117 Å². The van der Waals surface area contributed by atoms with E-state index in [4.69, 9.17) is 9.47 Å². The highest BCUT2D eigenvalue weighted by atomic mass is 16.5. The Morgan fingerprint density at radius 3 is 2.75 bits per heavy atom. The van der Waals surface area contributed by atoms with Crippen molar-refractivity contribution in [3.63, 3.8) is 0 Å². The normalized spacial score (nSPS) is 10.1. The fourth-order valence-corrected chi connectivity index (χ4v) is 1.96. The van der Waals surface area contributed by atoms with Crippen molar-refractivity contribution in [3.8, 4) is 11.5 Å². The highest BCUT2D eigenvalue weighted by molar-refractivity contribution is 5.93. The third-order valence-corrected chi connectivity index (χ3v) is 3.03. The molecular weight excluding hydrogens is 256 g/mol. The third-order valence-electron chi connectivity index (χ3n) is 3.03. The molecule has 0 fully saturated rings. The number of benzene rings is 1. The second-order valence-electron chi connectivity index (χ2n) is 4.28. The maximum Gasteiger partial charge on any atom is 0.252 e. The summed E-state index contributed by atoms with van der Waals surface area (Å²) < 4.78 is 10.5. The number of aromatic amines is 1. The van der Waals surface area contributed by atoms with Gasteiger partial charge in [0.25, 0.3) is 5.91 Å². The maximum atomic E-state index is 11.8. The lowest BCUT2D eigenvalue weighted by Crippen LogP contribution is -2.25. The van der Waals surface area contributed by atoms with Gasteiger partial charge in [-0.2, -0.15) is 0 Å². The lowest BCUT2D eigenvalue weighted by atomic mass is 10.1. The zero-order valence-electron chi connectivity index (χ0n) is 11.6. The molecule has 1 aromatic carbocycles. The molecule has 106 valence electrons. The monoisotopic (exact) mass is 274 g/mol. The lowest BCUT2D eigenvalue weighted by Gasteiger charge is -2.11. The smallest absolute Gasteiger partial charge is 0.252 e. The second-order valence-corrected chi connectivity index (χ2v) is 4.28. The van der Waals surface area contributed by atoms with Crippen LogP contribution in [-0.4, -0.2) is 31.7 Å².